The Morgan fingerprint density at radius 3 is 2.09 bits per heavy atom. The molecule has 2 aromatic carbocycles. The van der Waals surface area contributed by atoms with E-state index in [0.717, 1.165) is 5.56 Å². The van der Waals surface area contributed by atoms with Crippen molar-refractivity contribution in [2.24, 2.45) is 10.6 Å². The van der Waals surface area contributed by atoms with Crippen molar-refractivity contribution in [3.05, 3.63) is 69.2 Å². The summed E-state index contributed by atoms with van der Waals surface area (Å²) in [6.07, 6.45) is -5.31. The maximum atomic E-state index is 14.2. The fourth-order valence-corrected chi connectivity index (χ4v) is 4.36. The number of benzene rings is 2. The number of carbonyl (C=O) groups excluding carboxylic acids is 1. The molecule has 0 radical (unpaired) electrons. The van der Waals surface area contributed by atoms with Crippen molar-refractivity contribution in [2.75, 3.05) is 13.1 Å². The molecular weight excluding hydrogens is 492 g/mol. The van der Waals surface area contributed by atoms with Crippen molar-refractivity contribution in [1.82, 2.24) is 5.32 Å². The number of esters is 1. The number of oxime groups is 1. The van der Waals surface area contributed by atoms with E-state index in [9.17, 15) is 18.0 Å². The molecule has 34 heavy (non-hydrogen) atoms. The molecule has 182 valence electrons. The Labute approximate surface area is 205 Å². The molecule has 0 aromatic heterocycles. The first kappa shape index (κ1) is 24.8. The van der Waals surface area contributed by atoms with Gasteiger partial charge >= 0.3 is 12.1 Å². The minimum atomic E-state index is -4.77. The van der Waals surface area contributed by atoms with Crippen molar-refractivity contribution < 1.29 is 27.5 Å². The summed E-state index contributed by atoms with van der Waals surface area (Å²) in [4.78, 5) is 17.5. The summed E-state index contributed by atoms with van der Waals surface area (Å²) >= 11 is 11.9. The zero-order chi connectivity index (χ0) is 24.9. The normalized spacial score (nSPS) is 21.9. The molecule has 0 aliphatic carbocycles. The molecule has 2 aliphatic heterocycles. The van der Waals surface area contributed by atoms with Gasteiger partial charge in [-0.25, -0.2) is 0 Å². The first-order chi connectivity index (χ1) is 15.8. The fourth-order valence-electron chi connectivity index (χ4n) is 3.83. The summed E-state index contributed by atoms with van der Waals surface area (Å²) in [5.74, 6) is -0.332. The second kappa shape index (κ2) is 8.43. The third-order valence-electron chi connectivity index (χ3n) is 5.98. The number of nitrogens with zero attached hydrogens (tertiary/aromatic N) is 1. The molecule has 2 heterocycles. The topological polar surface area (TPSA) is 59.9 Å². The van der Waals surface area contributed by atoms with E-state index in [-0.39, 0.29) is 27.3 Å². The molecule has 0 spiro atoms. The maximum absolute atomic E-state index is 14.2. The first-order valence-electron chi connectivity index (χ1n) is 10.6. The van der Waals surface area contributed by atoms with E-state index in [1.165, 1.54) is 18.2 Å². The van der Waals surface area contributed by atoms with E-state index in [1.807, 2.05) is 0 Å². The van der Waals surface area contributed by atoms with Crippen molar-refractivity contribution in [3.63, 3.8) is 0 Å². The van der Waals surface area contributed by atoms with Crippen LogP contribution >= 0.6 is 23.2 Å². The van der Waals surface area contributed by atoms with Crippen molar-refractivity contribution in [1.29, 1.82) is 0 Å². The number of nitrogens with one attached hydrogen (secondary N) is 1. The molecular formula is C24H23Cl2F3N2O3. The van der Waals surface area contributed by atoms with Gasteiger partial charge in [0.15, 0.2) is 5.60 Å². The summed E-state index contributed by atoms with van der Waals surface area (Å²) in [5, 5.41) is 7.03. The minimum Gasteiger partial charge on any atom is -0.451 e. The zero-order valence-corrected chi connectivity index (χ0v) is 20.2. The van der Waals surface area contributed by atoms with Crippen molar-refractivity contribution >= 4 is 34.9 Å². The van der Waals surface area contributed by atoms with Crippen LogP contribution in [0.15, 0.2) is 47.6 Å². The lowest BCUT2D eigenvalue weighted by Crippen LogP contribution is -2.60. The largest absolute Gasteiger partial charge is 0.451 e. The van der Waals surface area contributed by atoms with Gasteiger partial charge in [0, 0.05) is 35.1 Å². The smallest absolute Gasteiger partial charge is 0.435 e. The van der Waals surface area contributed by atoms with Gasteiger partial charge in [0.25, 0.3) is 5.60 Å². The van der Waals surface area contributed by atoms with Gasteiger partial charge in [-0.15, -0.1) is 0 Å². The predicted octanol–water partition coefficient (Wildman–Crippen LogP) is 5.96. The second-order valence-corrected chi connectivity index (χ2v) is 10.5. The average Bonchev–Trinajstić information content (AvgIpc) is 3.16. The average molecular weight is 515 g/mol. The van der Waals surface area contributed by atoms with Crippen LogP contribution in [0.25, 0.3) is 0 Å². The number of alkyl halides is 3. The van der Waals surface area contributed by atoms with Gasteiger partial charge in [-0.2, -0.15) is 13.2 Å². The highest BCUT2D eigenvalue weighted by molar-refractivity contribution is 6.34. The quantitative estimate of drug-likeness (QED) is 0.511. The highest BCUT2D eigenvalue weighted by atomic mass is 35.5. The van der Waals surface area contributed by atoms with Gasteiger partial charge in [0.05, 0.1) is 11.1 Å². The summed E-state index contributed by atoms with van der Waals surface area (Å²) < 4.78 is 48.4. The number of hydrogen-bond acceptors (Lipinski definition) is 5. The Morgan fingerprint density at radius 1 is 1.03 bits per heavy atom. The Balaban J connectivity index is 1.60. The second-order valence-electron chi connectivity index (χ2n) is 9.60. The molecule has 4 rings (SSSR count). The molecule has 0 amide bonds. The summed E-state index contributed by atoms with van der Waals surface area (Å²) in [6, 6.07) is 10.5. The summed E-state index contributed by atoms with van der Waals surface area (Å²) in [7, 11) is 0. The van der Waals surface area contributed by atoms with Gasteiger partial charge in [-0.3, -0.25) is 4.79 Å². The minimum absolute atomic E-state index is 0.0664. The van der Waals surface area contributed by atoms with Gasteiger partial charge in [0.1, 0.15) is 0 Å². The van der Waals surface area contributed by atoms with Crippen LogP contribution in [0.4, 0.5) is 13.2 Å². The molecule has 1 N–H and O–H groups in total. The van der Waals surface area contributed by atoms with E-state index in [0.29, 0.717) is 18.7 Å². The van der Waals surface area contributed by atoms with E-state index in [4.69, 9.17) is 32.8 Å². The number of hydrogen-bond donors (Lipinski definition) is 1. The van der Waals surface area contributed by atoms with Gasteiger partial charge in [0.2, 0.25) is 0 Å². The van der Waals surface area contributed by atoms with Crippen LogP contribution in [0.2, 0.25) is 10.0 Å². The zero-order valence-electron chi connectivity index (χ0n) is 18.7. The van der Waals surface area contributed by atoms with Crippen LogP contribution in [0, 0.1) is 5.41 Å². The molecule has 2 aliphatic rings. The summed E-state index contributed by atoms with van der Waals surface area (Å²) in [5.41, 5.74) is -3.05. The lowest BCUT2D eigenvalue weighted by Gasteiger charge is -2.43. The third kappa shape index (κ3) is 4.39. The number of carbonyl (C=O) groups is 1. The van der Waals surface area contributed by atoms with Gasteiger partial charge in [-0.05, 0) is 50.1 Å². The Hall–Kier alpha value is -2.29. The number of halogens is 5. The molecule has 2 aromatic rings. The van der Waals surface area contributed by atoms with Crippen LogP contribution in [0.5, 0.6) is 0 Å². The highest BCUT2D eigenvalue weighted by Crippen LogP contribution is 2.49. The highest BCUT2D eigenvalue weighted by Gasteiger charge is 2.62. The van der Waals surface area contributed by atoms with Crippen LogP contribution in [-0.2, 0) is 25.6 Å². The monoisotopic (exact) mass is 514 g/mol. The van der Waals surface area contributed by atoms with E-state index in [2.05, 4.69) is 10.5 Å². The lowest BCUT2D eigenvalue weighted by molar-refractivity contribution is -0.275. The molecule has 1 fully saturated rings. The maximum Gasteiger partial charge on any atom is 0.435 e. The lowest BCUT2D eigenvalue weighted by atomic mass is 9.84. The molecule has 1 atom stereocenters. The Kier molecular flexibility index (Phi) is 6.15. The molecule has 10 heteroatoms. The molecule has 0 saturated carbocycles. The SMILES string of the molecule is CC(C)(C)C(=O)OC1(c2ccc(C3=NO[C@](c4cc(Cl)cc(Cl)c4)(C(F)(F)F)C3)cc2)CNC1. The number of rotatable bonds is 4. The van der Waals surface area contributed by atoms with E-state index >= 15 is 0 Å². The van der Waals surface area contributed by atoms with Crippen molar-refractivity contribution in [2.45, 2.75) is 44.6 Å². The molecule has 0 unspecified atom stereocenters. The van der Waals surface area contributed by atoms with Gasteiger partial charge in [-0.1, -0.05) is 52.6 Å². The van der Waals surface area contributed by atoms with Crippen molar-refractivity contribution in [3.8, 4) is 0 Å². The predicted molar refractivity (Wildman–Crippen MR) is 123 cm³/mol. The van der Waals surface area contributed by atoms with Crippen LogP contribution in [0.1, 0.15) is 43.9 Å². The standard InChI is InChI=1S/C24H23Cl2F3N2O3/c1-21(2,3)20(32)33-22(12-30-13-22)15-6-4-14(5-7-15)19-11-23(34-31-19,24(27,28)29)16-8-17(25)10-18(26)9-16/h4-10,30H,11-13H2,1-3H3/t23-/m1/s1. The number of ether oxygens (including phenoxy) is 1. The fraction of sp³-hybridized carbons (Fsp3) is 0.417. The molecule has 0 bridgehead atoms. The Bertz CT molecular complexity index is 1120. The van der Waals surface area contributed by atoms with E-state index in [1.54, 1.807) is 45.0 Å². The summed E-state index contributed by atoms with van der Waals surface area (Å²) in [6.45, 7) is 6.22. The Morgan fingerprint density at radius 2 is 1.62 bits per heavy atom. The molecule has 1 saturated heterocycles. The molecule has 5 nitrogen and oxygen atoms in total. The third-order valence-corrected chi connectivity index (χ3v) is 6.42. The van der Waals surface area contributed by atoms with Crippen LogP contribution in [-0.4, -0.2) is 30.9 Å². The first-order valence-corrected chi connectivity index (χ1v) is 11.3. The van der Waals surface area contributed by atoms with Crippen LogP contribution < -0.4 is 5.32 Å². The van der Waals surface area contributed by atoms with Crippen LogP contribution in [0.3, 0.4) is 0 Å². The van der Waals surface area contributed by atoms with Gasteiger partial charge < -0.3 is 14.9 Å². The van der Waals surface area contributed by atoms with E-state index < -0.39 is 29.2 Å².